The van der Waals surface area contributed by atoms with Crippen molar-refractivity contribution < 1.29 is 33.2 Å². The molecule has 0 amide bonds. The second-order valence-corrected chi connectivity index (χ2v) is 11.9. The molecule has 204 valence electrons. The summed E-state index contributed by atoms with van der Waals surface area (Å²) in [6.07, 6.45) is 8.11. The highest BCUT2D eigenvalue weighted by Gasteiger charge is 2.56. The Labute approximate surface area is 224 Å². The molecule has 0 bridgehead atoms. The Kier molecular flexibility index (Phi) is 6.61. The highest BCUT2D eigenvalue weighted by atomic mass is 16.7. The first kappa shape index (κ1) is 24.9. The fourth-order valence-electron chi connectivity index (χ4n) is 5.74. The molecule has 4 aliphatic heterocycles. The molecule has 2 aliphatic carbocycles. The molecule has 8 atom stereocenters. The summed E-state index contributed by atoms with van der Waals surface area (Å²) in [6.45, 7) is 7.37. The van der Waals surface area contributed by atoms with Crippen LogP contribution >= 0.6 is 0 Å². The Bertz CT molecular complexity index is 1010. The molecule has 38 heavy (non-hydrogen) atoms. The van der Waals surface area contributed by atoms with Gasteiger partial charge in [0.2, 0.25) is 0 Å². The highest BCUT2D eigenvalue weighted by molar-refractivity contribution is 5.41. The zero-order valence-corrected chi connectivity index (χ0v) is 22.3. The molecule has 0 spiro atoms. The van der Waals surface area contributed by atoms with E-state index in [-0.39, 0.29) is 17.6 Å². The van der Waals surface area contributed by atoms with Crippen molar-refractivity contribution in [2.75, 3.05) is 26.4 Å². The molecule has 6 aliphatic rings. The predicted molar refractivity (Wildman–Crippen MR) is 140 cm³/mol. The van der Waals surface area contributed by atoms with Crippen molar-refractivity contribution in [1.29, 1.82) is 0 Å². The first-order chi connectivity index (χ1) is 18.5. The van der Waals surface area contributed by atoms with Crippen LogP contribution in [0.3, 0.4) is 0 Å². The Morgan fingerprint density at radius 1 is 0.658 bits per heavy atom. The van der Waals surface area contributed by atoms with Crippen molar-refractivity contribution in [3.63, 3.8) is 0 Å². The molecule has 2 saturated carbocycles. The molecule has 8 unspecified atom stereocenters. The maximum atomic E-state index is 6.03. The van der Waals surface area contributed by atoms with E-state index in [1.54, 1.807) is 0 Å². The van der Waals surface area contributed by atoms with Crippen molar-refractivity contribution in [3.8, 4) is 11.5 Å². The van der Waals surface area contributed by atoms with Crippen LogP contribution in [-0.2, 0) is 29.1 Å². The van der Waals surface area contributed by atoms with Crippen molar-refractivity contribution in [1.82, 2.24) is 0 Å². The molecular weight excluding hydrogens is 484 g/mol. The Hall–Kier alpha value is -2.16. The monoisotopic (exact) mass is 522 g/mol. The van der Waals surface area contributed by atoms with E-state index in [2.05, 4.69) is 38.1 Å². The number of hydrogen-bond donors (Lipinski definition) is 0. The lowest BCUT2D eigenvalue weighted by atomic mass is 9.78. The summed E-state index contributed by atoms with van der Waals surface area (Å²) in [7, 11) is 0. The molecule has 2 aromatic carbocycles. The van der Waals surface area contributed by atoms with Gasteiger partial charge >= 0.3 is 0 Å². The van der Waals surface area contributed by atoms with Crippen LogP contribution in [-0.4, -0.2) is 75.3 Å². The molecule has 2 aromatic rings. The third-order valence-electron chi connectivity index (χ3n) is 8.63. The average Bonchev–Trinajstić information content (AvgIpc) is 3.77. The van der Waals surface area contributed by atoms with Crippen molar-refractivity contribution in [2.45, 2.75) is 93.8 Å². The molecule has 4 heterocycles. The van der Waals surface area contributed by atoms with Crippen LogP contribution < -0.4 is 9.47 Å². The van der Waals surface area contributed by atoms with Crippen molar-refractivity contribution in [3.05, 3.63) is 59.7 Å². The van der Waals surface area contributed by atoms with Crippen LogP contribution in [0.2, 0.25) is 0 Å². The smallest absolute Gasteiger partial charge is 0.119 e. The SMILES string of the molecule is C1CC2OC2C1OC1CCC2OC12.CC(C)(c1ccc(OCC2CO2)cc1)c1ccc(OCC2CO2)cc1. The normalized spacial score (nSPS) is 35.4. The molecular formula is C31H38O7. The fraction of sp³-hybridized carbons (Fsp3) is 0.613. The van der Waals surface area contributed by atoms with E-state index in [4.69, 9.17) is 33.2 Å². The van der Waals surface area contributed by atoms with E-state index in [9.17, 15) is 0 Å². The van der Waals surface area contributed by atoms with Crippen LogP contribution in [0.4, 0.5) is 0 Å². The second-order valence-electron chi connectivity index (χ2n) is 11.9. The Morgan fingerprint density at radius 3 is 1.39 bits per heavy atom. The Morgan fingerprint density at radius 2 is 1.08 bits per heavy atom. The van der Waals surface area contributed by atoms with E-state index in [1.807, 2.05) is 24.3 Å². The van der Waals surface area contributed by atoms with E-state index < -0.39 is 0 Å². The largest absolute Gasteiger partial charge is 0.491 e. The van der Waals surface area contributed by atoms with Gasteiger partial charge in [-0.05, 0) is 61.1 Å². The number of fused-ring (bicyclic) bond motifs is 2. The molecule has 0 aromatic heterocycles. The van der Waals surface area contributed by atoms with Crippen LogP contribution in [0.15, 0.2) is 48.5 Å². The lowest BCUT2D eigenvalue weighted by Gasteiger charge is -2.26. The summed E-state index contributed by atoms with van der Waals surface area (Å²) in [5.74, 6) is 1.78. The predicted octanol–water partition coefficient (Wildman–Crippen LogP) is 4.43. The summed E-state index contributed by atoms with van der Waals surface area (Å²) >= 11 is 0. The van der Waals surface area contributed by atoms with Crippen molar-refractivity contribution in [2.24, 2.45) is 0 Å². The van der Waals surface area contributed by atoms with Crippen molar-refractivity contribution >= 4 is 0 Å². The molecule has 6 fully saturated rings. The Balaban J connectivity index is 0.000000154. The fourth-order valence-corrected chi connectivity index (χ4v) is 5.74. The number of epoxide rings is 4. The molecule has 0 radical (unpaired) electrons. The van der Waals surface area contributed by atoms with Gasteiger partial charge in [0.15, 0.2) is 0 Å². The number of rotatable bonds is 10. The van der Waals surface area contributed by atoms with Gasteiger partial charge < -0.3 is 33.2 Å². The lowest BCUT2D eigenvalue weighted by molar-refractivity contribution is -0.0432. The zero-order valence-electron chi connectivity index (χ0n) is 22.3. The maximum Gasteiger partial charge on any atom is 0.119 e. The summed E-state index contributed by atoms with van der Waals surface area (Å²) in [5.41, 5.74) is 2.42. The van der Waals surface area contributed by atoms with Gasteiger partial charge in [-0.1, -0.05) is 38.1 Å². The summed E-state index contributed by atoms with van der Waals surface area (Å²) in [6, 6.07) is 16.7. The van der Waals surface area contributed by atoms with Gasteiger partial charge in [0, 0.05) is 5.41 Å². The molecule has 0 N–H and O–H groups in total. The molecule has 7 heteroatoms. The van der Waals surface area contributed by atoms with Gasteiger partial charge in [0.25, 0.3) is 0 Å². The second kappa shape index (κ2) is 10.1. The molecule has 8 rings (SSSR count). The van der Waals surface area contributed by atoms with Gasteiger partial charge in [0.1, 0.15) is 49.1 Å². The van der Waals surface area contributed by atoms with Crippen LogP contribution in [0.1, 0.15) is 50.7 Å². The number of ether oxygens (including phenoxy) is 7. The third kappa shape index (κ3) is 5.73. The maximum absolute atomic E-state index is 6.03. The first-order valence-electron chi connectivity index (χ1n) is 14.2. The van der Waals surface area contributed by atoms with Gasteiger partial charge in [-0.3, -0.25) is 0 Å². The minimum Gasteiger partial charge on any atom is -0.491 e. The molecule has 7 nitrogen and oxygen atoms in total. The van der Waals surface area contributed by atoms with Crippen LogP contribution in [0.25, 0.3) is 0 Å². The summed E-state index contributed by atoms with van der Waals surface area (Å²) in [5, 5.41) is 0. The van der Waals surface area contributed by atoms with Gasteiger partial charge in [0.05, 0.1) is 37.6 Å². The minimum absolute atomic E-state index is 0.0870. The quantitative estimate of drug-likeness (QED) is 0.427. The van der Waals surface area contributed by atoms with Gasteiger partial charge in [-0.2, -0.15) is 0 Å². The lowest BCUT2D eigenvalue weighted by Crippen LogP contribution is -2.26. The minimum atomic E-state index is -0.0870. The van der Waals surface area contributed by atoms with E-state index in [0.29, 0.717) is 49.8 Å². The van der Waals surface area contributed by atoms with Crippen LogP contribution in [0.5, 0.6) is 11.5 Å². The van der Waals surface area contributed by atoms with Gasteiger partial charge in [-0.25, -0.2) is 0 Å². The van der Waals surface area contributed by atoms with E-state index >= 15 is 0 Å². The number of benzene rings is 2. The third-order valence-corrected chi connectivity index (χ3v) is 8.63. The van der Waals surface area contributed by atoms with E-state index in [0.717, 1.165) is 24.7 Å². The molecule has 4 saturated heterocycles. The van der Waals surface area contributed by atoms with E-state index in [1.165, 1.54) is 36.8 Å². The zero-order chi connectivity index (χ0) is 25.7. The summed E-state index contributed by atoms with van der Waals surface area (Å²) < 4.78 is 38.7. The topological polar surface area (TPSA) is 77.8 Å². The average molecular weight is 523 g/mol. The first-order valence-corrected chi connectivity index (χ1v) is 14.2. The van der Waals surface area contributed by atoms with Gasteiger partial charge in [-0.15, -0.1) is 0 Å². The van der Waals surface area contributed by atoms with Crippen LogP contribution in [0, 0.1) is 0 Å². The summed E-state index contributed by atoms with van der Waals surface area (Å²) in [4.78, 5) is 0. The highest BCUT2D eigenvalue weighted by Crippen LogP contribution is 2.45. The standard InChI is InChI=1S/C21H24O4.C10H14O3/c1-21(2,15-3-7-17(8-4-15)22-11-19-13-24-19)16-5-9-18(10-6-16)23-12-20-14-25-20;1-3-7-9(12-7)5(1)11-6-2-4-8-10(6)13-8/h3-10,19-20H,11-14H2,1-2H3;5-10H,1-4H2. The number of hydrogen-bond acceptors (Lipinski definition) is 7.